The summed E-state index contributed by atoms with van der Waals surface area (Å²) in [7, 11) is 4.20. The Balaban J connectivity index is 1.67. The number of hydrogen-bond donors (Lipinski definition) is 0. The average Bonchev–Trinajstić information content (AvgIpc) is 2.91. The van der Waals surface area contributed by atoms with Gasteiger partial charge in [-0.2, -0.15) is 0 Å². The monoisotopic (exact) mass is 459 g/mol. The fourth-order valence-electron chi connectivity index (χ4n) is 5.05. The molecule has 0 fully saturated rings. The van der Waals surface area contributed by atoms with Crippen LogP contribution in [-0.2, 0) is 0 Å². The van der Waals surface area contributed by atoms with Crippen LogP contribution in [-0.4, -0.2) is 14.1 Å². The molecule has 0 heterocycles. The number of rotatable bonds is 1. The topological polar surface area (TPSA) is 3.24 Å². The SMILES string of the molecule is Cc1cc(C#Cc2ccccc2)c2ccc3c(N(C)C)cc(C#Cc4ccccc4)c4ccc1c2c43. The van der Waals surface area contributed by atoms with Crippen LogP contribution in [0.25, 0.3) is 32.3 Å². The summed E-state index contributed by atoms with van der Waals surface area (Å²) in [4.78, 5) is 2.18. The van der Waals surface area contributed by atoms with Crippen LogP contribution in [0.4, 0.5) is 5.69 Å². The van der Waals surface area contributed by atoms with Gasteiger partial charge in [0.05, 0.1) is 0 Å². The van der Waals surface area contributed by atoms with Crippen LogP contribution in [0, 0.1) is 30.6 Å². The number of aryl methyl sites for hydroxylation is 1. The van der Waals surface area contributed by atoms with Gasteiger partial charge >= 0.3 is 0 Å². The molecule has 0 amide bonds. The Kier molecular flexibility index (Phi) is 5.33. The molecule has 0 aliphatic heterocycles. The lowest BCUT2D eigenvalue weighted by Crippen LogP contribution is -2.10. The summed E-state index contributed by atoms with van der Waals surface area (Å²) < 4.78 is 0. The second-order valence-corrected chi connectivity index (χ2v) is 9.38. The van der Waals surface area contributed by atoms with Crippen LogP contribution in [0.2, 0.25) is 0 Å². The lowest BCUT2D eigenvalue weighted by molar-refractivity contribution is 1.14. The van der Waals surface area contributed by atoms with Gasteiger partial charge in [-0.1, -0.05) is 84.3 Å². The van der Waals surface area contributed by atoms with Crippen molar-refractivity contribution in [2.24, 2.45) is 0 Å². The predicted molar refractivity (Wildman–Crippen MR) is 154 cm³/mol. The molecule has 0 aliphatic carbocycles. The molecule has 1 nitrogen and oxygen atoms in total. The average molecular weight is 460 g/mol. The predicted octanol–water partition coefficient (Wildman–Crippen LogP) is 7.76. The molecule has 0 N–H and O–H groups in total. The third kappa shape index (κ3) is 3.73. The summed E-state index contributed by atoms with van der Waals surface area (Å²) in [6.45, 7) is 2.18. The van der Waals surface area contributed by atoms with Crippen molar-refractivity contribution in [2.45, 2.75) is 6.92 Å². The molecule has 0 atom stereocenters. The van der Waals surface area contributed by atoms with Gasteiger partial charge in [-0.25, -0.2) is 0 Å². The Labute approximate surface area is 212 Å². The maximum Gasteiger partial charge on any atom is 0.0453 e. The van der Waals surface area contributed by atoms with Crippen molar-refractivity contribution in [1.29, 1.82) is 0 Å². The van der Waals surface area contributed by atoms with Gasteiger partial charge in [0.15, 0.2) is 0 Å². The molecule has 0 aliphatic rings. The van der Waals surface area contributed by atoms with Crippen LogP contribution in [0.15, 0.2) is 97.1 Å². The molecule has 170 valence electrons. The first kappa shape index (κ1) is 21.8. The van der Waals surface area contributed by atoms with Crippen molar-refractivity contribution in [2.75, 3.05) is 19.0 Å². The minimum Gasteiger partial charge on any atom is -0.377 e. The van der Waals surface area contributed by atoms with E-state index < -0.39 is 0 Å². The van der Waals surface area contributed by atoms with E-state index >= 15 is 0 Å². The van der Waals surface area contributed by atoms with Crippen molar-refractivity contribution in [3.05, 3.63) is 125 Å². The van der Waals surface area contributed by atoms with E-state index in [2.05, 4.69) is 110 Å². The number of nitrogens with zero attached hydrogens (tertiary/aromatic N) is 1. The van der Waals surface area contributed by atoms with Crippen molar-refractivity contribution in [3.63, 3.8) is 0 Å². The fraction of sp³-hybridized carbons (Fsp3) is 0.0857. The van der Waals surface area contributed by atoms with Gasteiger partial charge in [0.2, 0.25) is 0 Å². The van der Waals surface area contributed by atoms with Crippen molar-refractivity contribution < 1.29 is 0 Å². The van der Waals surface area contributed by atoms with Crippen LogP contribution >= 0.6 is 0 Å². The number of benzene rings is 6. The zero-order chi connectivity index (χ0) is 24.6. The highest BCUT2D eigenvalue weighted by Crippen LogP contribution is 2.42. The fourth-order valence-corrected chi connectivity index (χ4v) is 5.05. The van der Waals surface area contributed by atoms with E-state index in [4.69, 9.17) is 0 Å². The normalized spacial score (nSPS) is 10.8. The van der Waals surface area contributed by atoms with E-state index in [0.717, 1.165) is 22.3 Å². The Morgan fingerprint density at radius 3 is 1.53 bits per heavy atom. The van der Waals surface area contributed by atoms with E-state index in [1.807, 2.05) is 36.4 Å². The van der Waals surface area contributed by atoms with Gasteiger partial charge in [0, 0.05) is 52.8 Å². The smallest absolute Gasteiger partial charge is 0.0453 e. The number of anilines is 1. The number of hydrogen-bond acceptors (Lipinski definition) is 1. The van der Waals surface area contributed by atoms with Crippen molar-refractivity contribution >= 4 is 38.0 Å². The Morgan fingerprint density at radius 2 is 0.972 bits per heavy atom. The largest absolute Gasteiger partial charge is 0.377 e. The van der Waals surface area contributed by atoms with E-state index in [9.17, 15) is 0 Å². The zero-order valence-electron chi connectivity index (χ0n) is 20.7. The van der Waals surface area contributed by atoms with Crippen LogP contribution < -0.4 is 4.90 Å². The lowest BCUT2D eigenvalue weighted by Gasteiger charge is -2.21. The summed E-state index contributed by atoms with van der Waals surface area (Å²) >= 11 is 0. The summed E-state index contributed by atoms with van der Waals surface area (Å²) in [5.41, 5.74) is 6.56. The minimum absolute atomic E-state index is 1.02. The Hall–Kier alpha value is -4.72. The van der Waals surface area contributed by atoms with Gasteiger partial charge in [0.25, 0.3) is 0 Å². The Morgan fingerprint density at radius 1 is 0.500 bits per heavy atom. The first-order valence-corrected chi connectivity index (χ1v) is 12.2. The molecule has 1 heteroatoms. The molecule has 0 spiro atoms. The highest BCUT2D eigenvalue weighted by Gasteiger charge is 2.17. The molecule has 6 aromatic carbocycles. The molecular weight excluding hydrogens is 434 g/mol. The maximum absolute atomic E-state index is 3.48. The van der Waals surface area contributed by atoms with E-state index in [-0.39, 0.29) is 0 Å². The minimum atomic E-state index is 1.02. The zero-order valence-corrected chi connectivity index (χ0v) is 20.7. The lowest BCUT2D eigenvalue weighted by atomic mass is 9.87. The second kappa shape index (κ2) is 8.81. The molecule has 0 saturated carbocycles. The van der Waals surface area contributed by atoms with Gasteiger partial charge in [-0.05, 0) is 70.4 Å². The second-order valence-electron chi connectivity index (χ2n) is 9.38. The Bertz CT molecular complexity index is 1860. The van der Waals surface area contributed by atoms with Gasteiger partial charge in [-0.3, -0.25) is 0 Å². The van der Waals surface area contributed by atoms with Crippen molar-refractivity contribution in [3.8, 4) is 23.7 Å². The molecule has 0 aromatic heterocycles. The van der Waals surface area contributed by atoms with Crippen LogP contribution in [0.5, 0.6) is 0 Å². The highest BCUT2D eigenvalue weighted by atomic mass is 15.1. The maximum atomic E-state index is 3.48. The molecular formula is C35H25N. The quantitative estimate of drug-likeness (QED) is 0.179. The van der Waals surface area contributed by atoms with Crippen molar-refractivity contribution in [1.82, 2.24) is 0 Å². The summed E-state index contributed by atoms with van der Waals surface area (Å²) in [6.07, 6.45) is 0. The van der Waals surface area contributed by atoms with Gasteiger partial charge in [0.1, 0.15) is 0 Å². The van der Waals surface area contributed by atoms with Gasteiger partial charge in [-0.15, -0.1) is 0 Å². The molecule has 36 heavy (non-hydrogen) atoms. The summed E-state index contributed by atoms with van der Waals surface area (Å²) in [5, 5.41) is 7.42. The third-order valence-corrected chi connectivity index (χ3v) is 6.80. The van der Waals surface area contributed by atoms with E-state index in [1.54, 1.807) is 0 Å². The van der Waals surface area contributed by atoms with E-state index in [1.165, 1.54) is 43.6 Å². The highest BCUT2D eigenvalue weighted by molar-refractivity contribution is 6.27. The molecule has 0 bridgehead atoms. The molecule has 0 radical (unpaired) electrons. The standard InChI is InChI=1S/C35H25N/c1-24-22-27(16-14-25-10-6-4-7-11-25)30-20-21-32-33(36(2)3)23-28(17-15-26-12-8-5-9-13-26)31-19-18-29(24)34(30)35(31)32/h4-13,18-23H,1-3H3. The summed E-state index contributed by atoms with van der Waals surface area (Å²) in [6, 6.07) is 33.8. The van der Waals surface area contributed by atoms with Gasteiger partial charge < -0.3 is 4.90 Å². The molecule has 6 aromatic rings. The van der Waals surface area contributed by atoms with Crippen LogP contribution in [0.3, 0.4) is 0 Å². The molecule has 0 saturated heterocycles. The first-order valence-electron chi connectivity index (χ1n) is 12.2. The van der Waals surface area contributed by atoms with E-state index in [0.29, 0.717) is 0 Å². The first-order chi connectivity index (χ1) is 17.6. The third-order valence-electron chi connectivity index (χ3n) is 6.80. The van der Waals surface area contributed by atoms with Crippen LogP contribution in [0.1, 0.15) is 27.8 Å². The molecule has 0 unspecified atom stereocenters. The molecule has 6 rings (SSSR count). The summed E-state index contributed by atoms with van der Waals surface area (Å²) in [5.74, 6) is 13.7.